The van der Waals surface area contributed by atoms with Crippen molar-refractivity contribution < 1.29 is 5.11 Å². The van der Waals surface area contributed by atoms with E-state index in [2.05, 4.69) is 10.1 Å². The third kappa shape index (κ3) is 1.47. The molecule has 0 saturated carbocycles. The molecule has 5 heteroatoms. The van der Waals surface area contributed by atoms with Crippen LogP contribution < -0.4 is 5.73 Å². The van der Waals surface area contributed by atoms with Crippen LogP contribution in [0.2, 0.25) is 0 Å². The molecule has 1 unspecified atom stereocenters. The Labute approximate surface area is 81.2 Å². The summed E-state index contributed by atoms with van der Waals surface area (Å²) in [5.74, 6) is 0.722. The fraction of sp³-hybridized carbons (Fsp3) is 0.333. The smallest absolute Gasteiger partial charge is 0.155 e. The summed E-state index contributed by atoms with van der Waals surface area (Å²) in [4.78, 5) is 4.19. The summed E-state index contributed by atoms with van der Waals surface area (Å²) in [5.41, 5.74) is 7.32. The summed E-state index contributed by atoms with van der Waals surface area (Å²) < 4.78 is 1.67. The van der Waals surface area contributed by atoms with Crippen molar-refractivity contribution in [3.8, 4) is 0 Å². The molecule has 0 aliphatic carbocycles. The second kappa shape index (κ2) is 3.36. The van der Waals surface area contributed by atoms with Gasteiger partial charge in [-0.05, 0) is 18.6 Å². The zero-order valence-corrected chi connectivity index (χ0v) is 7.88. The third-order valence-electron chi connectivity index (χ3n) is 2.08. The maximum atomic E-state index is 8.90. The minimum Gasteiger partial charge on any atom is -0.394 e. The summed E-state index contributed by atoms with van der Waals surface area (Å²) in [6.45, 7) is 1.76. The van der Waals surface area contributed by atoms with E-state index < -0.39 is 0 Å². The summed E-state index contributed by atoms with van der Waals surface area (Å²) in [5, 5.41) is 13.1. The van der Waals surface area contributed by atoms with Gasteiger partial charge in [-0.1, -0.05) is 6.07 Å². The van der Waals surface area contributed by atoms with Gasteiger partial charge in [-0.3, -0.25) is 0 Å². The highest BCUT2D eigenvalue weighted by atomic mass is 16.3. The highest BCUT2D eigenvalue weighted by molar-refractivity contribution is 5.39. The van der Waals surface area contributed by atoms with Crippen LogP contribution >= 0.6 is 0 Å². The van der Waals surface area contributed by atoms with Gasteiger partial charge in [0.2, 0.25) is 0 Å². The van der Waals surface area contributed by atoms with Crippen molar-refractivity contribution in [3.05, 3.63) is 29.7 Å². The number of aromatic nitrogens is 3. The Hall–Kier alpha value is -1.46. The van der Waals surface area contributed by atoms with Gasteiger partial charge in [0.05, 0.1) is 12.6 Å². The number of hydrogen-bond acceptors (Lipinski definition) is 4. The molecule has 0 radical (unpaired) electrons. The first kappa shape index (κ1) is 9.11. The number of rotatable bonds is 2. The lowest BCUT2D eigenvalue weighted by molar-refractivity contribution is 0.267. The second-order valence-electron chi connectivity index (χ2n) is 3.21. The lowest BCUT2D eigenvalue weighted by Crippen LogP contribution is -2.15. The molecule has 2 aromatic rings. The van der Waals surface area contributed by atoms with E-state index in [1.54, 1.807) is 10.7 Å². The lowest BCUT2D eigenvalue weighted by Gasteiger charge is -2.07. The molecule has 0 aliphatic rings. The van der Waals surface area contributed by atoms with Crippen LogP contribution in [0.5, 0.6) is 0 Å². The Balaban J connectivity index is 2.50. The largest absolute Gasteiger partial charge is 0.394 e. The normalized spacial score (nSPS) is 13.4. The van der Waals surface area contributed by atoms with Gasteiger partial charge in [0.1, 0.15) is 5.82 Å². The lowest BCUT2D eigenvalue weighted by atomic mass is 10.1. The zero-order chi connectivity index (χ0) is 10.1. The van der Waals surface area contributed by atoms with Gasteiger partial charge < -0.3 is 10.8 Å². The highest BCUT2D eigenvalue weighted by Crippen LogP contribution is 2.10. The van der Waals surface area contributed by atoms with E-state index in [1.165, 1.54) is 0 Å². The number of aryl methyl sites for hydroxylation is 1. The fourth-order valence-corrected chi connectivity index (χ4v) is 1.33. The number of hydrogen-bond donors (Lipinski definition) is 2. The van der Waals surface area contributed by atoms with E-state index in [-0.39, 0.29) is 12.6 Å². The van der Waals surface area contributed by atoms with Crippen LogP contribution in [0.4, 0.5) is 0 Å². The summed E-state index contributed by atoms with van der Waals surface area (Å²) in [7, 11) is 0. The topological polar surface area (TPSA) is 76.4 Å². The monoisotopic (exact) mass is 192 g/mol. The Bertz CT molecular complexity index is 451. The van der Waals surface area contributed by atoms with Gasteiger partial charge in [0, 0.05) is 6.20 Å². The molecule has 2 aromatic heterocycles. The second-order valence-corrected chi connectivity index (χ2v) is 3.21. The number of nitrogens with two attached hydrogens (primary N) is 1. The van der Waals surface area contributed by atoms with E-state index in [1.807, 2.05) is 19.1 Å². The van der Waals surface area contributed by atoms with Crippen molar-refractivity contribution >= 4 is 5.65 Å². The van der Waals surface area contributed by atoms with Crippen molar-refractivity contribution in [2.45, 2.75) is 13.0 Å². The van der Waals surface area contributed by atoms with Gasteiger partial charge >= 0.3 is 0 Å². The van der Waals surface area contributed by atoms with Crippen molar-refractivity contribution in [1.29, 1.82) is 0 Å². The fourth-order valence-electron chi connectivity index (χ4n) is 1.33. The van der Waals surface area contributed by atoms with Crippen molar-refractivity contribution in [2.75, 3.05) is 6.61 Å². The van der Waals surface area contributed by atoms with Crippen molar-refractivity contribution in [3.63, 3.8) is 0 Å². The van der Waals surface area contributed by atoms with E-state index in [4.69, 9.17) is 10.8 Å². The van der Waals surface area contributed by atoms with Gasteiger partial charge in [0.15, 0.2) is 5.65 Å². The van der Waals surface area contributed by atoms with Gasteiger partial charge in [-0.25, -0.2) is 9.50 Å². The first-order valence-electron chi connectivity index (χ1n) is 4.40. The first-order valence-corrected chi connectivity index (χ1v) is 4.40. The molecule has 0 bridgehead atoms. The SMILES string of the molecule is Cc1nc2ccc(C(N)CO)cn2n1. The Morgan fingerprint density at radius 2 is 2.36 bits per heavy atom. The van der Waals surface area contributed by atoms with Crippen molar-refractivity contribution in [2.24, 2.45) is 5.73 Å². The van der Waals surface area contributed by atoms with Crippen LogP contribution in [0.1, 0.15) is 17.4 Å². The summed E-state index contributed by atoms with van der Waals surface area (Å²) in [6.07, 6.45) is 1.79. The molecule has 0 aliphatic heterocycles. The summed E-state index contributed by atoms with van der Waals surface area (Å²) >= 11 is 0. The predicted molar refractivity (Wildman–Crippen MR) is 51.7 cm³/mol. The highest BCUT2D eigenvalue weighted by Gasteiger charge is 2.06. The average molecular weight is 192 g/mol. The van der Waals surface area contributed by atoms with Gasteiger partial charge in [-0.2, -0.15) is 5.10 Å². The molecular weight excluding hydrogens is 180 g/mol. The Morgan fingerprint density at radius 1 is 1.57 bits per heavy atom. The number of aliphatic hydroxyl groups is 1. The first-order chi connectivity index (χ1) is 6.70. The minimum absolute atomic E-state index is 0.0703. The van der Waals surface area contributed by atoms with Crippen LogP contribution in [-0.2, 0) is 0 Å². The van der Waals surface area contributed by atoms with Crippen LogP contribution in [0.15, 0.2) is 18.3 Å². The molecule has 1 atom stereocenters. The van der Waals surface area contributed by atoms with Crippen LogP contribution in [0, 0.1) is 6.92 Å². The standard InChI is InChI=1S/C9H12N4O/c1-6-11-9-3-2-7(8(10)5-14)4-13(9)12-6/h2-4,8,14H,5,10H2,1H3. The number of nitrogens with zero attached hydrogens (tertiary/aromatic N) is 3. The third-order valence-corrected chi connectivity index (χ3v) is 2.08. The van der Waals surface area contributed by atoms with E-state index in [9.17, 15) is 0 Å². The van der Waals surface area contributed by atoms with E-state index >= 15 is 0 Å². The van der Waals surface area contributed by atoms with Crippen LogP contribution in [0.25, 0.3) is 5.65 Å². The molecule has 2 heterocycles. The van der Waals surface area contributed by atoms with Gasteiger partial charge in [-0.15, -0.1) is 0 Å². The molecule has 2 rings (SSSR count). The number of fused-ring (bicyclic) bond motifs is 1. The number of aliphatic hydroxyl groups excluding tert-OH is 1. The van der Waals surface area contributed by atoms with Gasteiger partial charge in [0.25, 0.3) is 0 Å². The quantitative estimate of drug-likeness (QED) is 0.703. The maximum absolute atomic E-state index is 8.90. The molecule has 0 saturated heterocycles. The maximum Gasteiger partial charge on any atom is 0.155 e. The Kier molecular flexibility index (Phi) is 2.18. The molecule has 14 heavy (non-hydrogen) atoms. The molecule has 0 aromatic carbocycles. The molecule has 3 N–H and O–H groups in total. The van der Waals surface area contributed by atoms with Crippen LogP contribution in [-0.4, -0.2) is 26.3 Å². The molecule has 0 amide bonds. The van der Waals surface area contributed by atoms with Crippen molar-refractivity contribution in [1.82, 2.24) is 14.6 Å². The zero-order valence-electron chi connectivity index (χ0n) is 7.88. The Morgan fingerprint density at radius 3 is 3.07 bits per heavy atom. The van der Waals surface area contributed by atoms with E-state index in [0.717, 1.165) is 17.0 Å². The molecule has 74 valence electrons. The van der Waals surface area contributed by atoms with Crippen LogP contribution in [0.3, 0.4) is 0 Å². The molecular formula is C9H12N4O. The predicted octanol–water partition coefficient (Wildman–Crippen LogP) is 0.0298. The molecule has 0 spiro atoms. The average Bonchev–Trinajstić information content (AvgIpc) is 2.55. The minimum atomic E-state index is -0.357. The molecule has 5 nitrogen and oxygen atoms in total. The summed E-state index contributed by atoms with van der Waals surface area (Å²) in [6, 6.07) is 3.33. The van der Waals surface area contributed by atoms with E-state index in [0.29, 0.717) is 0 Å². The number of pyridine rings is 1. The molecule has 0 fully saturated rings.